The third-order valence-electron chi connectivity index (χ3n) is 2.73. The van der Waals surface area contributed by atoms with E-state index >= 15 is 0 Å². The van der Waals surface area contributed by atoms with E-state index in [1.807, 2.05) is 30.3 Å². The predicted molar refractivity (Wildman–Crippen MR) is 74.5 cm³/mol. The smallest absolute Gasteiger partial charge is 0.284 e. The third kappa shape index (κ3) is 2.07. The Hall–Kier alpha value is -2.31. The van der Waals surface area contributed by atoms with Crippen molar-refractivity contribution in [1.29, 1.82) is 0 Å². The summed E-state index contributed by atoms with van der Waals surface area (Å²) in [7, 11) is 0. The molecule has 5 nitrogen and oxygen atoms in total. The van der Waals surface area contributed by atoms with Crippen molar-refractivity contribution in [3.8, 4) is 10.6 Å². The standard InChI is InChI=1S/C13H10N4OS/c14-17-12(18)10-7-19-13(16-10)9-5-1-3-8-4-2-6-15-11(8)9/h1-7H,14H2,(H,17,18). The van der Waals surface area contributed by atoms with Gasteiger partial charge in [0.25, 0.3) is 5.91 Å². The Bertz CT molecular complexity index is 748. The minimum atomic E-state index is -0.393. The number of aromatic nitrogens is 2. The zero-order valence-corrected chi connectivity index (χ0v) is 10.6. The Morgan fingerprint density at radius 1 is 1.26 bits per heavy atom. The predicted octanol–water partition coefficient (Wildman–Crippen LogP) is 1.96. The number of rotatable bonds is 2. The Labute approximate surface area is 113 Å². The van der Waals surface area contributed by atoms with Crippen LogP contribution >= 0.6 is 11.3 Å². The SMILES string of the molecule is NNC(=O)c1csc(-c2cccc3cccnc23)n1. The fraction of sp³-hybridized carbons (Fsp3) is 0. The van der Waals surface area contributed by atoms with E-state index in [0.29, 0.717) is 5.69 Å². The number of amides is 1. The number of pyridine rings is 1. The molecule has 0 spiro atoms. The summed E-state index contributed by atoms with van der Waals surface area (Å²) in [5.74, 6) is 4.70. The molecule has 0 aliphatic heterocycles. The van der Waals surface area contributed by atoms with Crippen LogP contribution in [0, 0.1) is 0 Å². The van der Waals surface area contributed by atoms with E-state index in [2.05, 4.69) is 15.4 Å². The minimum absolute atomic E-state index is 0.315. The molecule has 0 atom stereocenters. The first kappa shape index (κ1) is 11.8. The summed E-state index contributed by atoms with van der Waals surface area (Å²) in [4.78, 5) is 20.1. The fourth-order valence-electron chi connectivity index (χ4n) is 1.85. The van der Waals surface area contributed by atoms with Gasteiger partial charge in [0.15, 0.2) is 0 Å². The van der Waals surface area contributed by atoms with E-state index < -0.39 is 5.91 Å². The zero-order chi connectivity index (χ0) is 13.2. The van der Waals surface area contributed by atoms with E-state index in [0.717, 1.165) is 21.5 Å². The monoisotopic (exact) mass is 270 g/mol. The second-order valence-electron chi connectivity index (χ2n) is 3.89. The number of para-hydroxylation sites is 1. The normalized spacial score (nSPS) is 10.6. The summed E-state index contributed by atoms with van der Waals surface area (Å²) in [6.45, 7) is 0. The highest BCUT2D eigenvalue weighted by molar-refractivity contribution is 7.13. The molecule has 0 aliphatic carbocycles. The molecule has 0 saturated heterocycles. The first-order valence-electron chi connectivity index (χ1n) is 5.60. The summed E-state index contributed by atoms with van der Waals surface area (Å²) < 4.78 is 0. The molecule has 0 bridgehead atoms. The number of nitrogens with zero attached hydrogens (tertiary/aromatic N) is 2. The number of nitrogens with two attached hydrogens (primary N) is 1. The molecule has 3 N–H and O–H groups in total. The molecule has 2 heterocycles. The van der Waals surface area contributed by atoms with Gasteiger partial charge in [0.05, 0.1) is 5.52 Å². The van der Waals surface area contributed by atoms with Gasteiger partial charge in [-0.05, 0) is 12.1 Å². The second-order valence-corrected chi connectivity index (χ2v) is 4.75. The van der Waals surface area contributed by atoms with Crippen LogP contribution in [0.15, 0.2) is 41.9 Å². The third-order valence-corrected chi connectivity index (χ3v) is 3.61. The van der Waals surface area contributed by atoms with Gasteiger partial charge in [0, 0.05) is 22.5 Å². The van der Waals surface area contributed by atoms with Crippen molar-refractivity contribution in [2.24, 2.45) is 5.84 Å². The van der Waals surface area contributed by atoms with Crippen LogP contribution in [0.3, 0.4) is 0 Å². The molecule has 0 saturated carbocycles. The first-order chi connectivity index (χ1) is 9.29. The molecule has 6 heteroatoms. The Morgan fingerprint density at radius 3 is 2.95 bits per heavy atom. The van der Waals surface area contributed by atoms with E-state index in [4.69, 9.17) is 5.84 Å². The average Bonchev–Trinajstić information content (AvgIpc) is 2.95. The van der Waals surface area contributed by atoms with Crippen molar-refractivity contribution >= 4 is 28.1 Å². The molecule has 0 aliphatic rings. The molecule has 0 fully saturated rings. The lowest BCUT2D eigenvalue weighted by Crippen LogP contribution is -2.30. The molecular weight excluding hydrogens is 260 g/mol. The maximum Gasteiger partial charge on any atom is 0.284 e. The number of carbonyl (C=O) groups is 1. The molecular formula is C13H10N4OS. The molecule has 1 aromatic carbocycles. The average molecular weight is 270 g/mol. The number of thiazole rings is 1. The lowest BCUT2D eigenvalue weighted by Gasteiger charge is -2.01. The Morgan fingerprint density at radius 2 is 2.11 bits per heavy atom. The van der Waals surface area contributed by atoms with Crippen LogP contribution in [0.1, 0.15) is 10.5 Å². The Kier molecular flexibility index (Phi) is 2.94. The Balaban J connectivity index is 2.14. The molecule has 1 amide bonds. The summed E-state index contributed by atoms with van der Waals surface area (Å²) in [5.41, 5.74) is 4.18. The van der Waals surface area contributed by atoms with Crippen molar-refractivity contribution in [3.05, 3.63) is 47.6 Å². The molecule has 94 valence electrons. The summed E-state index contributed by atoms with van der Waals surface area (Å²) in [6.07, 6.45) is 1.74. The van der Waals surface area contributed by atoms with Crippen molar-refractivity contribution in [2.45, 2.75) is 0 Å². The number of hydrazine groups is 1. The molecule has 0 unspecified atom stereocenters. The number of nitrogens with one attached hydrogen (secondary N) is 1. The quantitative estimate of drug-likeness (QED) is 0.424. The van der Waals surface area contributed by atoms with E-state index in [-0.39, 0.29) is 0 Å². The van der Waals surface area contributed by atoms with Crippen molar-refractivity contribution in [1.82, 2.24) is 15.4 Å². The van der Waals surface area contributed by atoms with Crippen molar-refractivity contribution in [3.63, 3.8) is 0 Å². The van der Waals surface area contributed by atoms with Gasteiger partial charge in [0.1, 0.15) is 10.7 Å². The highest BCUT2D eigenvalue weighted by Gasteiger charge is 2.12. The highest BCUT2D eigenvalue weighted by atomic mass is 32.1. The van der Waals surface area contributed by atoms with Crippen LogP contribution in [-0.4, -0.2) is 15.9 Å². The van der Waals surface area contributed by atoms with Crippen LogP contribution in [0.4, 0.5) is 0 Å². The molecule has 19 heavy (non-hydrogen) atoms. The van der Waals surface area contributed by atoms with Crippen LogP contribution in [-0.2, 0) is 0 Å². The number of hydrogen-bond donors (Lipinski definition) is 2. The zero-order valence-electron chi connectivity index (χ0n) is 9.83. The van der Waals surface area contributed by atoms with Gasteiger partial charge in [-0.15, -0.1) is 11.3 Å². The van der Waals surface area contributed by atoms with E-state index in [1.54, 1.807) is 11.6 Å². The van der Waals surface area contributed by atoms with E-state index in [9.17, 15) is 4.79 Å². The van der Waals surface area contributed by atoms with Crippen molar-refractivity contribution in [2.75, 3.05) is 0 Å². The topological polar surface area (TPSA) is 80.9 Å². The number of nitrogen functional groups attached to an aromatic ring is 1. The van der Waals surface area contributed by atoms with Crippen LogP contribution in [0.25, 0.3) is 21.5 Å². The van der Waals surface area contributed by atoms with Gasteiger partial charge in [0.2, 0.25) is 0 Å². The second kappa shape index (κ2) is 4.75. The summed E-state index contributed by atoms with van der Waals surface area (Å²) >= 11 is 1.39. The number of benzene rings is 1. The number of hydrogen-bond acceptors (Lipinski definition) is 5. The van der Waals surface area contributed by atoms with Gasteiger partial charge >= 0.3 is 0 Å². The van der Waals surface area contributed by atoms with Gasteiger partial charge in [-0.2, -0.15) is 0 Å². The molecule has 3 aromatic rings. The van der Waals surface area contributed by atoms with Gasteiger partial charge < -0.3 is 0 Å². The van der Waals surface area contributed by atoms with Crippen molar-refractivity contribution < 1.29 is 4.79 Å². The van der Waals surface area contributed by atoms with Gasteiger partial charge in [-0.3, -0.25) is 15.2 Å². The number of carbonyl (C=O) groups excluding carboxylic acids is 1. The van der Waals surface area contributed by atoms with Crippen LogP contribution in [0.5, 0.6) is 0 Å². The van der Waals surface area contributed by atoms with Gasteiger partial charge in [-0.25, -0.2) is 10.8 Å². The summed E-state index contributed by atoms with van der Waals surface area (Å²) in [6, 6.07) is 9.77. The van der Waals surface area contributed by atoms with Crippen LogP contribution < -0.4 is 11.3 Å². The minimum Gasteiger partial charge on any atom is -0.289 e. The molecule has 3 rings (SSSR count). The van der Waals surface area contributed by atoms with Gasteiger partial charge in [-0.1, -0.05) is 18.2 Å². The first-order valence-corrected chi connectivity index (χ1v) is 6.48. The van der Waals surface area contributed by atoms with E-state index in [1.165, 1.54) is 11.3 Å². The lowest BCUT2D eigenvalue weighted by atomic mass is 10.1. The number of fused-ring (bicyclic) bond motifs is 1. The summed E-state index contributed by atoms with van der Waals surface area (Å²) in [5, 5.41) is 3.47. The highest BCUT2D eigenvalue weighted by Crippen LogP contribution is 2.29. The fourth-order valence-corrected chi connectivity index (χ4v) is 2.68. The maximum absolute atomic E-state index is 11.4. The lowest BCUT2D eigenvalue weighted by molar-refractivity contribution is 0.0949. The molecule has 2 aromatic heterocycles. The maximum atomic E-state index is 11.4. The largest absolute Gasteiger partial charge is 0.289 e. The molecule has 0 radical (unpaired) electrons. The van der Waals surface area contributed by atoms with Crippen LogP contribution in [0.2, 0.25) is 0 Å².